The van der Waals surface area contributed by atoms with Gasteiger partial charge in [0.25, 0.3) is 5.56 Å². The standard InChI is InChI=1S/C9H13N5O4.4Na/c10-9-12-7-6(8(17)13-9)11-3-14(7)4-18-5(1-15)2-16;;;;/h3,5,15-16H,1-2,4H2,(H3,10,12,13,17);;;;. The first-order valence-corrected chi connectivity index (χ1v) is 5.19. The van der Waals surface area contributed by atoms with E-state index in [1.165, 1.54) is 10.9 Å². The molecule has 0 atom stereocenters. The number of hydrogen-bond donors (Lipinski definition) is 4. The molecule has 13 heteroatoms. The summed E-state index contributed by atoms with van der Waals surface area (Å²) < 4.78 is 6.66. The van der Waals surface area contributed by atoms with Crippen molar-refractivity contribution in [3.8, 4) is 0 Å². The van der Waals surface area contributed by atoms with Gasteiger partial charge in [-0.05, 0) is 0 Å². The van der Waals surface area contributed by atoms with Crippen molar-refractivity contribution in [3.05, 3.63) is 16.7 Å². The van der Waals surface area contributed by atoms with Gasteiger partial charge in [0.05, 0.1) is 19.5 Å². The summed E-state index contributed by atoms with van der Waals surface area (Å²) in [5, 5.41) is 17.7. The first-order chi connectivity index (χ1) is 8.65. The maximum absolute atomic E-state index is 11.5. The Morgan fingerprint density at radius 1 is 1.27 bits per heavy atom. The van der Waals surface area contributed by atoms with Gasteiger partial charge in [0.1, 0.15) is 12.8 Å². The van der Waals surface area contributed by atoms with Gasteiger partial charge in [-0.2, -0.15) is 4.98 Å². The Balaban J connectivity index is -0.000000902. The van der Waals surface area contributed by atoms with E-state index in [2.05, 4.69) is 15.0 Å². The number of aromatic nitrogens is 4. The number of hydrogen-bond acceptors (Lipinski definition) is 7. The molecule has 0 saturated heterocycles. The normalized spacial score (nSPS) is 9.41. The van der Waals surface area contributed by atoms with Crippen LogP contribution < -0.4 is 11.3 Å². The second-order valence-corrected chi connectivity index (χ2v) is 3.62. The van der Waals surface area contributed by atoms with E-state index >= 15 is 0 Å². The fourth-order valence-corrected chi connectivity index (χ4v) is 1.41. The summed E-state index contributed by atoms with van der Waals surface area (Å²) in [6.45, 7) is -0.614. The number of aliphatic hydroxyl groups excluding tert-OH is 2. The summed E-state index contributed by atoms with van der Waals surface area (Å²) in [5.74, 6) is -0.0184. The van der Waals surface area contributed by atoms with Crippen LogP contribution >= 0.6 is 0 Å². The predicted octanol–water partition coefficient (Wildman–Crippen LogP) is -3.49. The molecule has 102 valence electrons. The van der Waals surface area contributed by atoms with E-state index in [9.17, 15) is 4.79 Å². The summed E-state index contributed by atoms with van der Waals surface area (Å²) in [7, 11) is 0. The molecule has 0 fully saturated rings. The zero-order chi connectivity index (χ0) is 13.1. The Morgan fingerprint density at radius 3 is 2.41 bits per heavy atom. The summed E-state index contributed by atoms with van der Waals surface area (Å²) in [4.78, 5) is 21.6. The summed E-state index contributed by atoms with van der Waals surface area (Å²) in [6.07, 6.45) is 0.680. The Labute approximate surface area is 215 Å². The minimum atomic E-state index is -0.693. The molecule has 0 unspecified atom stereocenters. The number of anilines is 1. The van der Waals surface area contributed by atoms with Gasteiger partial charge in [0.15, 0.2) is 11.2 Å². The largest absolute Gasteiger partial charge is 0.394 e. The van der Waals surface area contributed by atoms with Crippen LogP contribution in [0.3, 0.4) is 0 Å². The number of nitrogens with zero attached hydrogens (tertiary/aromatic N) is 3. The van der Waals surface area contributed by atoms with Crippen molar-refractivity contribution in [1.82, 2.24) is 19.5 Å². The van der Waals surface area contributed by atoms with E-state index in [1.54, 1.807) is 0 Å². The van der Waals surface area contributed by atoms with Crippen molar-refractivity contribution < 1.29 is 14.9 Å². The van der Waals surface area contributed by atoms with Gasteiger partial charge < -0.3 is 20.7 Å². The average molecular weight is 347 g/mol. The van der Waals surface area contributed by atoms with Crippen LogP contribution in [0.2, 0.25) is 0 Å². The van der Waals surface area contributed by atoms with Crippen LogP contribution in [0.15, 0.2) is 11.1 Å². The van der Waals surface area contributed by atoms with Crippen molar-refractivity contribution in [1.29, 1.82) is 0 Å². The number of aromatic amines is 1. The molecular weight excluding hydrogens is 334 g/mol. The van der Waals surface area contributed by atoms with E-state index in [1.807, 2.05) is 0 Å². The molecule has 0 saturated carbocycles. The molecule has 0 spiro atoms. The van der Waals surface area contributed by atoms with Crippen LogP contribution in [0.1, 0.15) is 0 Å². The molecule has 0 aliphatic carbocycles. The van der Waals surface area contributed by atoms with Gasteiger partial charge in [-0.3, -0.25) is 14.3 Å². The van der Waals surface area contributed by atoms with Crippen LogP contribution in [0.4, 0.5) is 5.95 Å². The number of fused-ring (bicyclic) bond motifs is 1. The Hall–Kier alpha value is 2.03. The van der Waals surface area contributed by atoms with Gasteiger partial charge in [-0.1, -0.05) is 0 Å². The molecule has 0 aliphatic heterocycles. The topological polar surface area (TPSA) is 139 Å². The van der Waals surface area contributed by atoms with Crippen molar-refractivity contribution in [2.75, 3.05) is 18.9 Å². The second kappa shape index (κ2) is 14.2. The fraction of sp³-hybridized carbons (Fsp3) is 0.444. The molecule has 4 radical (unpaired) electrons. The SMILES string of the molecule is Nc1nc2c(ncn2COC(CO)CO)c(=O)[nH]1.[Na].[Na].[Na].[Na]. The van der Waals surface area contributed by atoms with Crippen LogP contribution in [0.25, 0.3) is 11.2 Å². The van der Waals surface area contributed by atoms with Gasteiger partial charge in [0, 0.05) is 118 Å². The third kappa shape index (κ3) is 7.51. The van der Waals surface area contributed by atoms with Crippen LogP contribution in [-0.2, 0) is 11.5 Å². The Bertz CT molecular complexity index is 603. The van der Waals surface area contributed by atoms with E-state index in [-0.39, 0.29) is 155 Å². The van der Waals surface area contributed by atoms with E-state index in [0.717, 1.165) is 0 Å². The number of nitrogens with two attached hydrogens (primary N) is 1. The molecule has 2 aromatic rings. The van der Waals surface area contributed by atoms with Crippen molar-refractivity contribution in [2.45, 2.75) is 12.8 Å². The van der Waals surface area contributed by atoms with Crippen LogP contribution in [0, 0.1) is 0 Å². The first kappa shape index (κ1) is 28.8. The number of nitrogens with one attached hydrogen (secondary N) is 1. The van der Waals surface area contributed by atoms with Crippen molar-refractivity contribution in [2.24, 2.45) is 0 Å². The maximum atomic E-state index is 11.5. The number of ether oxygens (including phenoxy) is 1. The first-order valence-electron chi connectivity index (χ1n) is 5.19. The van der Waals surface area contributed by atoms with E-state index in [4.69, 9.17) is 20.7 Å². The molecule has 0 aromatic carbocycles. The van der Waals surface area contributed by atoms with Gasteiger partial charge in [-0.25, -0.2) is 4.98 Å². The van der Waals surface area contributed by atoms with Gasteiger partial charge in [0.2, 0.25) is 5.95 Å². The minimum Gasteiger partial charge on any atom is -0.394 e. The fourth-order valence-electron chi connectivity index (χ4n) is 1.41. The molecule has 0 amide bonds. The zero-order valence-electron chi connectivity index (χ0n) is 13.4. The molecule has 5 N–H and O–H groups in total. The third-order valence-corrected chi connectivity index (χ3v) is 2.35. The molecular formula is C9H13N5Na4O4. The number of aliphatic hydroxyl groups is 2. The summed E-state index contributed by atoms with van der Waals surface area (Å²) >= 11 is 0. The number of nitrogen functional groups attached to an aromatic ring is 1. The van der Waals surface area contributed by atoms with Gasteiger partial charge in [-0.15, -0.1) is 0 Å². The average Bonchev–Trinajstić information content (AvgIpc) is 2.74. The number of rotatable bonds is 5. The van der Waals surface area contributed by atoms with E-state index in [0.29, 0.717) is 0 Å². The third-order valence-electron chi connectivity index (χ3n) is 2.35. The van der Waals surface area contributed by atoms with Crippen LogP contribution in [-0.4, -0.2) is 167 Å². The smallest absolute Gasteiger partial charge is 0.280 e. The second-order valence-electron chi connectivity index (χ2n) is 3.62. The molecule has 2 rings (SSSR count). The molecule has 22 heavy (non-hydrogen) atoms. The van der Waals surface area contributed by atoms with Gasteiger partial charge >= 0.3 is 0 Å². The molecule has 2 heterocycles. The maximum Gasteiger partial charge on any atom is 0.280 e. The molecule has 0 aliphatic rings. The van der Waals surface area contributed by atoms with Crippen LogP contribution in [0.5, 0.6) is 0 Å². The number of H-pyrrole nitrogens is 1. The Morgan fingerprint density at radius 2 is 1.86 bits per heavy atom. The molecule has 2 aromatic heterocycles. The van der Waals surface area contributed by atoms with Crippen molar-refractivity contribution in [3.63, 3.8) is 0 Å². The summed E-state index contributed by atoms with van der Waals surface area (Å²) in [6, 6.07) is 0. The van der Waals surface area contributed by atoms with E-state index < -0.39 is 11.7 Å². The molecule has 9 nitrogen and oxygen atoms in total. The summed E-state index contributed by atoms with van der Waals surface area (Å²) in [5.41, 5.74) is 5.43. The van der Waals surface area contributed by atoms with Crippen molar-refractivity contribution >= 4 is 135 Å². The predicted molar refractivity (Wildman–Crippen MR) is 84.6 cm³/mol. The quantitative estimate of drug-likeness (QED) is 0.412. The minimum absolute atomic E-state index is 0. The number of imidazole rings is 1. The molecule has 0 bridgehead atoms. The zero-order valence-corrected chi connectivity index (χ0v) is 21.4. The monoisotopic (exact) mass is 347 g/mol. The Kier molecular flexibility index (Phi) is 18.6.